The number of nitrogens with one attached hydrogen (secondary N) is 2. The average molecular weight is 438 g/mol. The highest BCUT2D eigenvalue weighted by Crippen LogP contribution is 2.26. The topological polar surface area (TPSA) is 101 Å². The second-order valence-electron chi connectivity index (χ2n) is 7.22. The van der Waals surface area contributed by atoms with Crippen LogP contribution in [0.25, 0.3) is 0 Å². The van der Waals surface area contributed by atoms with Crippen molar-refractivity contribution in [2.75, 3.05) is 0 Å². The van der Waals surface area contributed by atoms with Gasteiger partial charge in [-0.1, -0.05) is 25.4 Å². The van der Waals surface area contributed by atoms with Crippen LogP contribution in [0.5, 0.6) is 0 Å². The molecule has 0 spiro atoms. The molecule has 2 aromatic rings. The Balaban J connectivity index is 2.15. The molecule has 1 aromatic heterocycles. The number of thiophene rings is 1. The predicted molar refractivity (Wildman–Crippen MR) is 115 cm³/mol. The van der Waals surface area contributed by atoms with Gasteiger partial charge in [-0.25, -0.2) is 0 Å². The van der Waals surface area contributed by atoms with Gasteiger partial charge in [0.2, 0.25) is 5.91 Å². The molecule has 29 heavy (non-hydrogen) atoms. The number of nitro benzene ring substituents is 1. The van der Waals surface area contributed by atoms with E-state index in [-0.39, 0.29) is 34.1 Å². The van der Waals surface area contributed by atoms with Crippen LogP contribution in [0.1, 0.15) is 52.5 Å². The fourth-order valence-corrected chi connectivity index (χ4v) is 4.30. The van der Waals surface area contributed by atoms with Crippen molar-refractivity contribution < 1.29 is 14.5 Å². The maximum atomic E-state index is 12.8. The lowest BCUT2D eigenvalue weighted by Crippen LogP contribution is -2.50. The SMILES string of the molecule is Cc1cc([C@@H](C)NC(=O)[C@H](NC(=O)c2ccc([N+](=O)[O-])cc2Cl)C(C)C)c(C)s1. The molecule has 2 amide bonds. The van der Waals surface area contributed by atoms with Crippen LogP contribution in [0.4, 0.5) is 5.69 Å². The minimum absolute atomic E-state index is 0.0441. The van der Waals surface area contributed by atoms with Gasteiger partial charge in [0.15, 0.2) is 0 Å². The molecule has 0 aliphatic rings. The Kier molecular flexibility index (Phi) is 7.37. The molecule has 9 heteroatoms. The van der Waals surface area contributed by atoms with Gasteiger partial charge in [-0.15, -0.1) is 11.3 Å². The second-order valence-corrected chi connectivity index (χ2v) is 9.08. The van der Waals surface area contributed by atoms with Crippen LogP contribution in [-0.2, 0) is 4.79 Å². The van der Waals surface area contributed by atoms with Crippen LogP contribution in [0.3, 0.4) is 0 Å². The lowest BCUT2D eigenvalue weighted by molar-refractivity contribution is -0.384. The molecule has 2 rings (SSSR count). The highest BCUT2D eigenvalue weighted by molar-refractivity contribution is 7.12. The van der Waals surface area contributed by atoms with Crippen LogP contribution in [0.15, 0.2) is 24.3 Å². The number of non-ortho nitro benzene ring substituents is 1. The number of carbonyl (C=O) groups is 2. The van der Waals surface area contributed by atoms with Crippen molar-refractivity contribution >= 4 is 40.4 Å². The summed E-state index contributed by atoms with van der Waals surface area (Å²) in [5.74, 6) is -1.04. The molecule has 0 saturated heterocycles. The summed E-state index contributed by atoms with van der Waals surface area (Å²) in [5, 5.41) is 16.4. The number of carbonyl (C=O) groups excluding carboxylic acids is 2. The summed E-state index contributed by atoms with van der Waals surface area (Å²) in [6.07, 6.45) is 0. The highest BCUT2D eigenvalue weighted by Gasteiger charge is 2.27. The molecule has 1 aromatic carbocycles. The Morgan fingerprint density at radius 1 is 1.14 bits per heavy atom. The fourth-order valence-electron chi connectivity index (χ4n) is 3.02. The van der Waals surface area contributed by atoms with Gasteiger partial charge in [0.1, 0.15) is 6.04 Å². The number of hydrogen-bond acceptors (Lipinski definition) is 5. The first-order valence-electron chi connectivity index (χ1n) is 9.13. The largest absolute Gasteiger partial charge is 0.348 e. The summed E-state index contributed by atoms with van der Waals surface area (Å²) >= 11 is 7.70. The second kappa shape index (κ2) is 9.37. The van der Waals surface area contributed by atoms with Crippen LogP contribution >= 0.6 is 22.9 Å². The first kappa shape index (κ1) is 22.8. The van der Waals surface area contributed by atoms with Crippen molar-refractivity contribution in [3.8, 4) is 0 Å². The third-order valence-corrected chi connectivity index (χ3v) is 5.84. The van der Waals surface area contributed by atoms with Crippen molar-refractivity contribution in [1.29, 1.82) is 0 Å². The molecule has 0 aliphatic carbocycles. The normalized spacial score (nSPS) is 13.1. The Bertz CT molecular complexity index is 942. The zero-order valence-electron chi connectivity index (χ0n) is 16.9. The van der Waals surface area contributed by atoms with Crippen molar-refractivity contribution in [2.45, 2.75) is 46.7 Å². The van der Waals surface area contributed by atoms with E-state index in [0.717, 1.165) is 16.5 Å². The van der Waals surface area contributed by atoms with E-state index in [1.165, 1.54) is 17.0 Å². The minimum Gasteiger partial charge on any atom is -0.348 e. The number of hydrogen-bond donors (Lipinski definition) is 2. The molecule has 2 N–H and O–H groups in total. The smallest absolute Gasteiger partial charge is 0.270 e. The first-order chi connectivity index (χ1) is 13.5. The summed E-state index contributed by atoms with van der Waals surface area (Å²) in [6, 6.07) is 4.67. The monoisotopic (exact) mass is 437 g/mol. The number of nitro groups is 1. The first-order valence-corrected chi connectivity index (χ1v) is 10.3. The van der Waals surface area contributed by atoms with Crippen LogP contribution in [0.2, 0.25) is 5.02 Å². The van der Waals surface area contributed by atoms with Gasteiger partial charge in [0.25, 0.3) is 11.6 Å². The Labute approximate surface area is 178 Å². The van der Waals surface area contributed by atoms with Crippen molar-refractivity contribution in [3.05, 3.63) is 60.3 Å². The molecule has 0 aliphatic heterocycles. The standard InChI is InChI=1S/C20H24ClN3O4S/c1-10(2)18(20(26)22-12(4)16-8-11(3)29-13(16)5)23-19(25)15-7-6-14(24(27)28)9-17(15)21/h6-10,12,18H,1-5H3,(H,22,26)(H,23,25)/t12-,18-/m1/s1. The highest BCUT2D eigenvalue weighted by atomic mass is 35.5. The lowest BCUT2D eigenvalue weighted by Gasteiger charge is -2.24. The van der Waals surface area contributed by atoms with E-state index in [1.54, 1.807) is 11.3 Å². The molecule has 1 heterocycles. The third-order valence-electron chi connectivity index (χ3n) is 4.55. The van der Waals surface area contributed by atoms with E-state index in [0.29, 0.717) is 0 Å². The third kappa shape index (κ3) is 5.55. The summed E-state index contributed by atoms with van der Waals surface area (Å²) in [6.45, 7) is 9.58. The van der Waals surface area contributed by atoms with Crippen LogP contribution < -0.4 is 10.6 Å². The average Bonchev–Trinajstić information content (AvgIpc) is 2.97. The number of rotatable bonds is 7. The molecular weight excluding hydrogens is 414 g/mol. The van der Waals surface area contributed by atoms with Gasteiger partial charge in [-0.2, -0.15) is 0 Å². The zero-order chi connectivity index (χ0) is 21.9. The van der Waals surface area contributed by atoms with E-state index >= 15 is 0 Å². The molecule has 0 unspecified atom stereocenters. The molecule has 0 bridgehead atoms. The molecular formula is C20H24ClN3O4S. The molecule has 156 valence electrons. The zero-order valence-corrected chi connectivity index (χ0v) is 18.5. The number of amides is 2. The number of nitrogens with zero attached hydrogens (tertiary/aromatic N) is 1. The van der Waals surface area contributed by atoms with E-state index < -0.39 is 16.9 Å². The summed E-state index contributed by atoms with van der Waals surface area (Å²) in [5.41, 5.74) is 0.918. The maximum Gasteiger partial charge on any atom is 0.270 e. The lowest BCUT2D eigenvalue weighted by atomic mass is 10.0. The Morgan fingerprint density at radius 2 is 1.79 bits per heavy atom. The van der Waals surface area contributed by atoms with Gasteiger partial charge < -0.3 is 10.6 Å². The molecule has 0 saturated carbocycles. The summed E-state index contributed by atoms with van der Waals surface area (Å²) in [7, 11) is 0. The van der Waals surface area contributed by atoms with Crippen LogP contribution in [-0.4, -0.2) is 22.8 Å². The summed E-state index contributed by atoms with van der Waals surface area (Å²) < 4.78 is 0. The van der Waals surface area contributed by atoms with E-state index in [4.69, 9.17) is 11.6 Å². The molecule has 7 nitrogen and oxygen atoms in total. The van der Waals surface area contributed by atoms with Gasteiger partial charge in [0, 0.05) is 21.9 Å². The number of aryl methyl sites for hydroxylation is 2. The van der Waals surface area contributed by atoms with Gasteiger partial charge in [0.05, 0.1) is 21.6 Å². The van der Waals surface area contributed by atoms with Crippen molar-refractivity contribution in [3.63, 3.8) is 0 Å². The van der Waals surface area contributed by atoms with Crippen molar-refractivity contribution in [2.24, 2.45) is 5.92 Å². The molecule has 0 radical (unpaired) electrons. The Hall–Kier alpha value is -2.45. The predicted octanol–water partition coefficient (Wildman–Crippen LogP) is 4.56. The van der Waals surface area contributed by atoms with E-state index in [9.17, 15) is 19.7 Å². The quantitative estimate of drug-likeness (QED) is 0.489. The van der Waals surface area contributed by atoms with Gasteiger partial charge >= 0.3 is 0 Å². The van der Waals surface area contributed by atoms with E-state index in [2.05, 4.69) is 10.6 Å². The van der Waals surface area contributed by atoms with Crippen LogP contribution in [0, 0.1) is 29.9 Å². The number of benzene rings is 1. The van der Waals surface area contributed by atoms with Crippen molar-refractivity contribution in [1.82, 2.24) is 10.6 Å². The van der Waals surface area contributed by atoms with Gasteiger partial charge in [-0.3, -0.25) is 19.7 Å². The summed E-state index contributed by atoms with van der Waals surface area (Å²) in [4.78, 5) is 38.0. The number of halogens is 1. The maximum absolute atomic E-state index is 12.8. The van der Waals surface area contributed by atoms with Gasteiger partial charge in [-0.05, 0) is 44.4 Å². The minimum atomic E-state index is -0.781. The molecule has 0 fully saturated rings. The van der Waals surface area contributed by atoms with E-state index in [1.807, 2.05) is 40.7 Å². The fraction of sp³-hybridized carbons (Fsp3) is 0.400. The Morgan fingerprint density at radius 3 is 2.28 bits per heavy atom. The molecule has 2 atom stereocenters.